The molecule has 1 heterocycles. The van der Waals surface area contributed by atoms with E-state index in [4.69, 9.17) is 0 Å². The van der Waals surface area contributed by atoms with Gasteiger partial charge in [0, 0.05) is 18.2 Å². The Labute approximate surface area is 99.6 Å². The molecule has 1 saturated carbocycles. The maximum atomic E-state index is 13.5. The lowest BCUT2D eigenvalue weighted by Gasteiger charge is -2.14. The number of nitrogens with one attached hydrogen (secondary N) is 2. The van der Waals surface area contributed by atoms with Gasteiger partial charge in [-0.15, -0.1) is 0 Å². The van der Waals surface area contributed by atoms with Crippen molar-refractivity contribution in [3.8, 4) is 0 Å². The zero-order valence-corrected chi connectivity index (χ0v) is 10.1. The highest BCUT2D eigenvalue weighted by molar-refractivity contribution is 5.49. The van der Waals surface area contributed by atoms with E-state index in [1.54, 1.807) is 0 Å². The van der Waals surface area contributed by atoms with Gasteiger partial charge >= 0.3 is 0 Å². The molecule has 1 fully saturated rings. The number of rotatable bonds is 5. The smallest absolute Gasteiger partial charge is 0.168 e. The first-order chi connectivity index (χ1) is 8.04. The minimum Gasteiger partial charge on any atom is -0.368 e. The van der Waals surface area contributed by atoms with E-state index in [1.807, 2.05) is 13.8 Å². The van der Waals surface area contributed by atoms with Gasteiger partial charge in [-0.1, -0.05) is 6.92 Å². The van der Waals surface area contributed by atoms with Crippen LogP contribution in [-0.2, 0) is 0 Å². The molecule has 1 aromatic rings. The molecule has 0 amide bonds. The fourth-order valence-corrected chi connectivity index (χ4v) is 1.52. The summed E-state index contributed by atoms with van der Waals surface area (Å²) < 4.78 is 26.9. The lowest BCUT2D eigenvalue weighted by Crippen LogP contribution is -2.19. The molecule has 0 aliphatic heterocycles. The summed E-state index contributed by atoms with van der Waals surface area (Å²) in [6.45, 7) is 4.59. The van der Waals surface area contributed by atoms with E-state index in [0.29, 0.717) is 6.54 Å². The lowest BCUT2D eigenvalue weighted by molar-refractivity contribution is 0.575. The molecule has 5 heteroatoms. The quantitative estimate of drug-likeness (QED) is 0.831. The minimum atomic E-state index is -0.651. The van der Waals surface area contributed by atoms with Crippen LogP contribution in [0.4, 0.5) is 20.4 Å². The van der Waals surface area contributed by atoms with Crippen molar-refractivity contribution >= 4 is 11.6 Å². The Morgan fingerprint density at radius 2 is 1.94 bits per heavy atom. The first kappa shape index (κ1) is 12.1. The van der Waals surface area contributed by atoms with Crippen molar-refractivity contribution in [2.45, 2.75) is 38.6 Å². The molecule has 0 unspecified atom stereocenters. The summed E-state index contributed by atoms with van der Waals surface area (Å²) in [7, 11) is 0. The van der Waals surface area contributed by atoms with Crippen LogP contribution in [0.1, 0.15) is 33.1 Å². The van der Waals surface area contributed by atoms with Gasteiger partial charge < -0.3 is 10.6 Å². The fourth-order valence-electron chi connectivity index (χ4n) is 1.52. The maximum Gasteiger partial charge on any atom is 0.168 e. The van der Waals surface area contributed by atoms with Crippen molar-refractivity contribution < 1.29 is 8.78 Å². The third kappa shape index (κ3) is 2.84. The summed E-state index contributed by atoms with van der Waals surface area (Å²) in [6, 6.07) is 0.874. The summed E-state index contributed by atoms with van der Waals surface area (Å²) in [5.41, 5.74) is -0.0757. The molecule has 0 saturated heterocycles. The third-order valence-electron chi connectivity index (χ3n) is 2.89. The third-order valence-corrected chi connectivity index (χ3v) is 2.89. The van der Waals surface area contributed by atoms with Crippen molar-refractivity contribution in [1.29, 1.82) is 0 Å². The van der Waals surface area contributed by atoms with Crippen LogP contribution in [0.2, 0.25) is 0 Å². The highest BCUT2D eigenvalue weighted by Crippen LogP contribution is 2.38. The second kappa shape index (κ2) is 4.47. The van der Waals surface area contributed by atoms with Crippen LogP contribution in [0.25, 0.3) is 0 Å². The number of anilines is 2. The van der Waals surface area contributed by atoms with Gasteiger partial charge in [0.05, 0.1) is 0 Å². The normalized spacial score (nSPS) is 16.7. The Balaban J connectivity index is 2.19. The second-order valence-electron chi connectivity index (χ2n) is 4.76. The van der Waals surface area contributed by atoms with Gasteiger partial charge in [0.25, 0.3) is 0 Å². The molecule has 0 spiro atoms. The van der Waals surface area contributed by atoms with Crippen LogP contribution in [0.5, 0.6) is 0 Å². The molecule has 0 bridgehead atoms. The number of hydrogen-bond acceptors (Lipinski definition) is 3. The predicted octanol–water partition coefficient (Wildman–Crippen LogP) is 3.15. The van der Waals surface area contributed by atoms with E-state index in [9.17, 15) is 8.78 Å². The topological polar surface area (TPSA) is 37.0 Å². The predicted molar refractivity (Wildman–Crippen MR) is 64.2 cm³/mol. The molecular weight excluding hydrogens is 224 g/mol. The first-order valence-corrected chi connectivity index (χ1v) is 5.92. The number of halogens is 2. The van der Waals surface area contributed by atoms with Crippen LogP contribution in [0, 0.1) is 11.6 Å². The molecule has 1 aromatic heterocycles. The van der Waals surface area contributed by atoms with Crippen LogP contribution in [0.3, 0.4) is 0 Å². The summed E-state index contributed by atoms with van der Waals surface area (Å²) in [5, 5.41) is 5.86. The van der Waals surface area contributed by atoms with Crippen LogP contribution >= 0.6 is 0 Å². The highest BCUT2D eigenvalue weighted by Gasteiger charge is 2.38. The molecular formula is C12H17F2N3. The summed E-state index contributed by atoms with van der Waals surface area (Å²) in [4.78, 5) is 3.96. The molecule has 0 aromatic carbocycles. The van der Waals surface area contributed by atoms with E-state index in [-0.39, 0.29) is 17.2 Å². The van der Waals surface area contributed by atoms with Gasteiger partial charge in [-0.2, -0.15) is 0 Å². The molecule has 3 nitrogen and oxygen atoms in total. The number of aromatic nitrogens is 1. The Morgan fingerprint density at radius 3 is 2.53 bits per heavy atom. The van der Waals surface area contributed by atoms with Crippen LogP contribution in [-0.4, -0.2) is 17.1 Å². The van der Waals surface area contributed by atoms with E-state index >= 15 is 0 Å². The number of nitrogens with zero attached hydrogens (tertiary/aromatic N) is 1. The summed E-state index contributed by atoms with van der Waals surface area (Å²) in [6.07, 6.45) is 2.84. The zero-order chi connectivity index (χ0) is 12.5. The van der Waals surface area contributed by atoms with Gasteiger partial charge in [0.1, 0.15) is 0 Å². The molecule has 2 rings (SSSR count). The Hall–Kier alpha value is -1.39. The summed E-state index contributed by atoms with van der Waals surface area (Å²) >= 11 is 0. The molecule has 0 atom stereocenters. The van der Waals surface area contributed by atoms with Crippen molar-refractivity contribution in [2.24, 2.45) is 0 Å². The Kier molecular flexibility index (Phi) is 3.17. The van der Waals surface area contributed by atoms with Gasteiger partial charge in [-0.05, 0) is 26.2 Å². The fraction of sp³-hybridized carbons (Fsp3) is 0.583. The molecule has 1 aliphatic carbocycles. The van der Waals surface area contributed by atoms with E-state index in [0.717, 1.165) is 25.3 Å². The lowest BCUT2D eigenvalue weighted by atomic mass is 10.3. The van der Waals surface area contributed by atoms with Crippen molar-refractivity contribution in [2.75, 3.05) is 17.2 Å². The molecule has 2 N–H and O–H groups in total. The Bertz CT molecular complexity index is 416. The van der Waals surface area contributed by atoms with E-state index in [1.165, 1.54) is 0 Å². The van der Waals surface area contributed by atoms with Gasteiger partial charge in [0.2, 0.25) is 0 Å². The SMILES string of the molecule is CCCNc1nc(NC2(C)CC2)c(F)cc1F. The molecule has 94 valence electrons. The standard InChI is InChI=1S/C12H17F2N3/c1-3-6-15-10-8(13)7-9(14)11(16-10)17-12(2)4-5-12/h7H,3-6H2,1-2H3,(H2,15,16,17). The van der Waals surface area contributed by atoms with E-state index < -0.39 is 11.6 Å². The first-order valence-electron chi connectivity index (χ1n) is 5.92. The monoisotopic (exact) mass is 241 g/mol. The van der Waals surface area contributed by atoms with Gasteiger partial charge in [-0.3, -0.25) is 0 Å². The van der Waals surface area contributed by atoms with Crippen molar-refractivity contribution in [3.63, 3.8) is 0 Å². The van der Waals surface area contributed by atoms with Crippen LogP contribution in [0.15, 0.2) is 6.07 Å². The van der Waals surface area contributed by atoms with Crippen molar-refractivity contribution in [3.05, 3.63) is 17.7 Å². The van der Waals surface area contributed by atoms with Crippen LogP contribution < -0.4 is 10.6 Å². The average molecular weight is 241 g/mol. The number of pyridine rings is 1. The maximum absolute atomic E-state index is 13.5. The van der Waals surface area contributed by atoms with E-state index in [2.05, 4.69) is 15.6 Å². The average Bonchev–Trinajstić information content (AvgIpc) is 2.99. The molecule has 1 aliphatic rings. The van der Waals surface area contributed by atoms with Gasteiger partial charge in [0.15, 0.2) is 23.3 Å². The highest BCUT2D eigenvalue weighted by atomic mass is 19.1. The zero-order valence-electron chi connectivity index (χ0n) is 10.1. The number of hydrogen-bond donors (Lipinski definition) is 2. The van der Waals surface area contributed by atoms with Crippen molar-refractivity contribution in [1.82, 2.24) is 4.98 Å². The summed E-state index contributed by atoms with van der Waals surface area (Å²) in [5.74, 6) is -1.05. The molecule has 17 heavy (non-hydrogen) atoms. The largest absolute Gasteiger partial charge is 0.368 e. The molecule has 0 radical (unpaired) electrons. The Morgan fingerprint density at radius 1 is 1.29 bits per heavy atom. The van der Waals surface area contributed by atoms with Gasteiger partial charge in [-0.25, -0.2) is 13.8 Å². The minimum absolute atomic E-state index is 0.0757. The second-order valence-corrected chi connectivity index (χ2v) is 4.76.